The molecule has 1 N–H and O–H groups in total. The van der Waals surface area contributed by atoms with Crippen molar-refractivity contribution in [3.05, 3.63) is 29.8 Å². The number of rotatable bonds is 2. The summed E-state index contributed by atoms with van der Waals surface area (Å²) in [7, 11) is 0. The Morgan fingerprint density at radius 1 is 1.33 bits per heavy atom. The van der Waals surface area contributed by atoms with Crippen LogP contribution in [0.4, 0.5) is 0 Å². The van der Waals surface area contributed by atoms with E-state index in [0.717, 1.165) is 5.56 Å². The van der Waals surface area contributed by atoms with Gasteiger partial charge in [-0.05, 0) is 17.7 Å². The van der Waals surface area contributed by atoms with Gasteiger partial charge in [0.2, 0.25) is 5.91 Å². The highest BCUT2D eigenvalue weighted by molar-refractivity contribution is 5.72. The second-order valence-corrected chi connectivity index (χ2v) is 2.55. The highest BCUT2D eigenvalue weighted by atomic mass is 16.3. The summed E-state index contributed by atoms with van der Waals surface area (Å²) in [6.45, 7) is 1.94. The van der Waals surface area contributed by atoms with Gasteiger partial charge < -0.3 is 5.32 Å². The molecule has 0 saturated carbocycles. The molecule has 1 aromatic rings. The van der Waals surface area contributed by atoms with E-state index >= 15 is 0 Å². The van der Waals surface area contributed by atoms with Crippen LogP contribution >= 0.6 is 0 Å². The largest absolute Gasteiger partial charge is 0.352 e. The Hall–Kier alpha value is -1.51. The molecule has 0 unspecified atom stereocenters. The highest BCUT2D eigenvalue weighted by Crippen LogP contribution is 2.09. The van der Waals surface area contributed by atoms with Crippen molar-refractivity contribution >= 4 is 5.91 Å². The number of carbonyl (C=O) groups is 1. The third-order valence-electron chi connectivity index (χ3n) is 1.46. The van der Waals surface area contributed by atoms with Gasteiger partial charge in [0.25, 0.3) is 0 Å². The molecule has 3 nitrogen and oxygen atoms in total. The normalized spacial score (nSPS) is 9.42. The fourth-order valence-electron chi connectivity index (χ4n) is 0.834. The summed E-state index contributed by atoms with van der Waals surface area (Å²) in [5.41, 5.74) is 0.935. The van der Waals surface area contributed by atoms with Crippen molar-refractivity contribution in [2.45, 2.75) is 13.5 Å². The number of carbonyl (C=O) groups excluding carboxylic acids is 1. The first kappa shape index (κ1) is 8.59. The Labute approximate surface area is 71.0 Å². The smallest absolute Gasteiger partial charge is 0.217 e. The number of nitrogens with one attached hydrogen (secondary N) is 1. The van der Waals surface area contributed by atoms with E-state index < -0.39 is 0 Å². The standard InChI is InChI=1S/C9H10NO2/c1-7(11)10-6-8-2-4-9(12)5-3-8/h2-5H,6H2,1H3,(H,10,11). The number of amides is 1. The maximum Gasteiger partial charge on any atom is 0.217 e. The van der Waals surface area contributed by atoms with Crippen LogP contribution < -0.4 is 5.32 Å². The van der Waals surface area contributed by atoms with Gasteiger partial charge >= 0.3 is 0 Å². The molecular formula is C9H10NO2. The first-order valence-electron chi connectivity index (χ1n) is 3.69. The molecular weight excluding hydrogens is 154 g/mol. The maximum atomic E-state index is 10.7. The lowest BCUT2D eigenvalue weighted by Gasteiger charge is -2.00. The van der Waals surface area contributed by atoms with E-state index in [1.165, 1.54) is 19.1 Å². The molecule has 1 rings (SSSR count). The van der Waals surface area contributed by atoms with Crippen molar-refractivity contribution in [2.75, 3.05) is 0 Å². The Kier molecular flexibility index (Phi) is 2.69. The summed E-state index contributed by atoms with van der Waals surface area (Å²) >= 11 is 0. The van der Waals surface area contributed by atoms with Crippen LogP contribution in [0.1, 0.15) is 12.5 Å². The minimum Gasteiger partial charge on any atom is -0.352 e. The third kappa shape index (κ3) is 2.62. The number of hydrogen-bond acceptors (Lipinski definition) is 1. The predicted molar refractivity (Wildman–Crippen MR) is 44.1 cm³/mol. The minimum absolute atomic E-state index is 0.0124. The van der Waals surface area contributed by atoms with Crippen LogP contribution in [-0.2, 0) is 16.4 Å². The molecule has 0 bridgehead atoms. The molecule has 0 aliphatic carbocycles. The fourth-order valence-corrected chi connectivity index (χ4v) is 0.834. The molecule has 63 valence electrons. The highest BCUT2D eigenvalue weighted by Gasteiger charge is 1.94. The Bertz CT molecular complexity index is 266. The third-order valence-corrected chi connectivity index (χ3v) is 1.46. The van der Waals surface area contributed by atoms with E-state index in [9.17, 15) is 9.90 Å². The summed E-state index contributed by atoms with van der Waals surface area (Å²) in [4.78, 5) is 10.5. The van der Waals surface area contributed by atoms with E-state index in [1.807, 2.05) is 0 Å². The molecule has 0 heterocycles. The van der Waals surface area contributed by atoms with Gasteiger partial charge in [-0.15, -0.1) is 0 Å². The van der Waals surface area contributed by atoms with Gasteiger partial charge in [-0.2, -0.15) is 0 Å². The molecule has 0 aromatic heterocycles. The molecule has 12 heavy (non-hydrogen) atoms. The lowest BCUT2D eigenvalue weighted by Crippen LogP contribution is -2.18. The summed E-state index contributed by atoms with van der Waals surface area (Å²) in [5, 5.41) is 13.3. The summed E-state index contributed by atoms with van der Waals surface area (Å²) < 4.78 is 0. The van der Waals surface area contributed by atoms with Crippen LogP contribution in [0.15, 0.2) is 24.3 Å². The zero-order chi connectivity index (χ0) is 8.97. The predicted octanol–water partition coefficient (Wildman–Crippen LogP) is 1.47. The molecule has 0 saturated heterocycles. The lowest BCUT2D eigenvalue weighted by atomic mass is 10.2. The van der Waals surface area contributed by atoms with E-state index in [1.54, 1.807) is 12.1 Å². The molecule has 1 radical (unpaired) electrons. The van der Waals surface area contributed by atoms with Gasteiger partial charge in [0.15, 0.2) is 5.75 Å². The summed E-state index contributed by atoms with van der Waals surface area (Å²) in [6, 6.07) is 6.38. The lowest BCUT2D eigenvalue weighted by molar-refractivity contribution is -0.119. The zero-order valence-electron chi connectivity index (χ0n) is 6.83. The van der Waals surface area contributed by atoms with Crippen LogP contribution in [-0.4, -0.2) is 5.91 Å². The van der Waals surface area contributed by atoms with Crippen LogP contribution in [0.25, 0.3) is 0 Å². The monoisotopic (exact) mass is 164 g/mol. The van der Waals surface area contributed by atoms with Crippen molar-refractivity contribution in [1.82, 2.24) is 5.32 Å². The van der Waals surface area contributed by atoms with Crippen LogP contribution in [0.2, 0.25) is 0 Å². The van der Waals surface area contributed by atoms with E-state index in [4.69, 9.17) is 0 Å². The molecule has 0 aliphatic heterocycles. The van der Waals surface area contributed by atoms with Crippen molar-refractivity contribution < 1.29 is 9.90 Å². The van der Waals surface area contributed by atoms with Gasteiger partial charge in [-0.25, -0.2) is 0 Å². The SMILES string of the molecule is CC(=O)NCc1ccc([O])cc1. The topological polar surface area (TPSA) is 49.0 Å². The minimum atomic E-state index is -0.0683. The Balaban J connectivity index is 2.53. The molecule has 0 spiro atoms. The van der Waals surface area contributed by atoms with Crippen LogP contribution in [0.5, 0.6) is 5.75 Å². The first-order chi connectivity index (χ1) is 5.68. The van der Waals surface area contributed by atoms with E-state index in [0.29, 0.717) is 6.54 Å². The van der Waals surface area contributed by atoms with Gasteiger partial charge in [0, 0.05) is 13.5 Å². The number of hydrogen-bond donors (Lipinski definition) is 1. The quantitative estimate of drug-likeness (QED) is 0.706. The maximum absolute atomic E-state index is 10.7. The van der Waals surface area contributed by atoms with Crippen LogP contribution in [0.3, 0.4) is 0 Å². The summed E-state index contributed by atoms with van der Waals surface area (Å²) in [6.07, 6.45) is 0. The second-order valence-electron chi connectivity index (χ2n) is 2.55. The molecule has 0 atom stereocenters. The molecule has 3 heteroatoms. The van der Waals surface area contributed by atoms with Crippen molar-refractivity contribution in [3.63, 3.8) is 0 Å². The molecule has 0 fully saturated rings. The average molecular weight is 164 g/mol. The molecule has 1 aromatic carbocycles. The Morgan fingerprint density at radius 3 is 2.42 bits per heavy atom. The first-order valence-corrected chi connectivity index (χ1v) is 3.69. The van der Waals surface area contributed by atoms with Gasteiger partial charge in [-0.1, -0.05) is 12.1 Å². The van der Waals surface area contributed by atoms with Crippen molar-refractivity contribution in [2.24, 2.45) is 0 Å². The second kappa shape index (κ2) is 3.76. The number of benzene rings is 1. The van der Waals surface area contributed by atoms with Crippen LogP contribution in [0, 0.1) is 0 Å². The summed E-state index contributed by atoms with van der Waals surface area (Å²) in [5.74, 6) is -0.0808. The van der Waals surface area contributed by atoms with Gasteiger partial charge in [-0.3, -0.25) is 9.90 Å². The van der Waals surface area contributed by atoms with Gasteiger partial charge in [0.1, 0.15) is 0 Å². The van der Waals surface area contributed by atoms with E-state index in [2.05, 4.69) is 5.32 Å². The zero-order valence-corrected chi connectivity index (χ0v) is 6.83. The molecule has 0 aliphatic rings. The fraction of sp³-hybridized carbons (Fsp3) is 0.222. The van der Waals surface area contributed by atoms with Crippen molar-refractivity contribution in [1.29, 1.82) is 0 Å². The van der Waals surface area contributed by atoms with E-state index in [-0.39, 0.29) is 11.7 Å². The van der Waals surface area contributed by atoms with Gasteiger partial charge in [0.05, 0.1) is 0 Å². The average Bonchev–Trinajstić information content (AvgIpc) is 2.03. The van der Waals surface area contributed by atoms with Crippen molar-refractivity contribution in [3.8, 4) is 5.75 Å². The Morgan fingerprint density at radius 2 is 1.92 bits per heavy atom. The molecule has 1 amide bonds.